The lowest BCUT2D eigenvalue weighted by Crippen LogP contribution is -2.00. The van der Waals surface area contributed by atoms with E-state index in [9.17, 15) is 4.79 Å². The van der Waals surface area contributed by atoms with Crippen LogP contribution in [0.15, 0.2) is 48.5 Å². The molecule has 0 aliphatic carbocycles. The van der Waals surface area contributed by atoms with Crippen molar-refractivity contribution in [1.82, 2.24) is 0 Å². The Kier molecular flexibility index (Phi) is 3.28. The van der Waals surface area contributed by atoms with Crippen LogP contribution >= 0.6 is 11.3 Å². The first kappa shape index (κ1) is 12.9. The number of ketones is 1. The van der Waals surface area contributed by atoms with E-state index in [2.05, 4.69) is 12.1 Å². The number of benzene rings is 2. The molecule has 0 bridgehead atoms. The monoisotopic (exact) mass is 282 g/mol. The molecule has 0 N–H and O–H groups in total. The largest absolute Gasteiger partial charge is 0.497 e. The third-order valence-electron chi connectivity index (χ3n) is 3.40. The lowest BCUT2D eigenvalue weighted by molar-refractivity contribution is 0.104. The second kappa shape index (κ2) is 5.10. The van der Waals surface area contributed by atoms with Gasteiger partial charge in [0.25, 0.3) is 0 Å². The van der Waals surface area contributed by atoms with Crippen molar-refractivity contribution in [2.75, 3.05) is 7.11 Å². The molecule has 1 aromatic heterocycles. The summed E-state index contributed by atoms with van der Waals surface area (Å²) in [7, 11) is 1.62. The number of methoxy groups -OCH3 is 1. The molecule has 100 valence electrons. The minimum absolute atomic E-state index is 0.0753. The molecule has 0 aliphatic heterocycles. The molecule has 0 spiro atoms. The molecule has 0 saturated carbocycles. The van der Waals surface area contributed by atoms with E-state index in [4.69, 9.17) is 4.74 Å². The van der Waals surface area contributed by atoms with E-state index in [0.717, 1.165) is 26.3 Å². The number of thiophene rings is 1. The maximum absolute atomic E-state index is 12.6. The van der Waals surface area contributed by atoms with E-state index < -0.39 is 0 Å². The SMILES string of the molecule is COc1ccc(C(=O)c2sc3ccccc3c2C)cc1. The van der Waals surface area contributed by atoms with Gasteiger partial charge >= 0.3 is 0 Å². The number of aryl methyl sites for hydroxylation is 1. The van der Waals surface area contributed by atoms with Crippen LogP contribution in [-0.2, 0) is 0 Å². The summed E-state index contributed by atoms with van der Waals surface area (Å²) in [5, 5.41) is 1.16. The first-order valence-corrected chi connectivity index (χ1v) is 7.19. The lowest BCUT2D eigenvalue weighted by atomic mass is 10.1. The Hall–Kier alpha value is -2.13. The van der Waals surface area contributed by atoms with Gasteiger partial charge in [-0.1, -0.05) is 18.2 Å². The molecule has 3 heteroatoms. The van der Waals surface area contributed by atoms with Crippen LogP contribution < -0.4 is 4.74 Å². The van der Waals surface area contributed by atoms with Gasteiger partial charge in [-0.15, -0.1) is 11.3 Å². The molecule has 20 heavy (non-hydrogen) atoms. The van der Waals surface area contributed by atoms with Crippen LogP contribution in [-0.4, -0.2) is 12.9 Å². The van der Waals surface area contributed by atoms with Crippen molar-refractivity contribution < 1.29 is 9.53 Å². The number of fused-ring (bicyclic) bond motifs is 1. The van der Waals surface area contributed by atoms with Crippen molar-refractivity contribution in [1.29, 1.82) is 0 Å². The third-order valence-corrected chi connectivity index (χ3v) is 4.67. The van der Waals surface area contributed by atoms with Gasteiger partial charge in [0.1, 0.15) is 5.75 Å². The van der Waals surface area contributed by atoms with Crippen LogP contribution in [0, 0.1) is 6.92 Å². The second-order valence-electron chi connectivity index (χ2n) is 4.61. The molecule has 1 heterocycles. The zero-order valence-electron chi connectivity index (χ0n) is 11.3. The zero-order chi connectivity index (χ0) is 14.1. The summed E-state index contributed by atoms with van der Waals surface area (Å²) in [6.07, 6.45) is 0. The van der Waals surface area contributed by atoms with Crippen LogP contribution in [0.4, 0.5) is 0 Å². The Morgan fingerprint density at radius 3 is 2.40 bits per heavy atom. The van der Waals surface area contributed by atoms with Crippen LogP contribution in [0.25, 0.3) is 10.1 Å². The Morgan fingerprint density at radius 2 is 1.75 bits per heavy atom. The molecular formula is C17H14O2S. The number of hydrogen-bond acceptors (Lipinski definition) is 3. The first-order chi connectivity index (χ1) is 9.70. The highest BCUT2D eigenvalue weighted by molar-refractivity contribution is 7.21. The highest BCUT2D eigenvalue weighted by Crippen LogP contribution is 2.32. The summed E-state index contributed by atoms with van der Waals surface area (Å²) >= 11 is 1.56. The number of hydrogen-bond donors (Lipinski definition) is 0. The topological polar surface area (TPSA) is 26.3 Å². The standard InChI is InChI=1S/C17H14O2S/c1-11-14-5-3-4-6-15(14)20-17(11)16(18)12-7-9-13(19-2)10-8-12/h3-10H,1-2H3. The number of carbonyl (C=O) groups is 1. The van der Waals surface area contributed by atoms with E-state index in [0.29, 0.717) is 5.56 Å². The minimum Gasteiger partial charge on any atom is -0.497 e. The van der Waals surface area contributed by atoms with Gasteiger partial charge in [-0.05, 0) is 48.2 Å². The molecule has 3 aromatic rings. The van der Waals surface area contributed by atoms with Gasteiger partial charge in [-0.2, -0.15) is 0 Å². The van der Waals surface area contributed by atoms with Gasteiger partial charge in [0.05, 0.1) is 12.0 Å². The van der Waals surface area contributed by atoms with Gasteiger partial charge < -0.3 is 4.74 Å². The molecule has 2 nitrogen and oxygen atoms in total. The van der Waals surface area contributed by atoms with Crippen molar-refractivity contribution in [2.45, 2.75) is 6.92 Å². The molecule has 3 rings (SSSR count). The lowest BCUT2D eigenvalue weighted by Gasteiger charge is -2.02. The zero-order valence-corrected chi connectivity index (χ0v) is 12.2. The molecule has 2 aromatic carbocycles. The normalized spacial score (nSPS) is 10.7. The van der Waals surface area contributed by atoms with Gasteiger partial charge in [0.15, 0.2) is 0 Å². The maximum Gasteiger partial charge on any atom is 0.203 e. The maximum atomic E-state index is 12.6. The second-order valence-corrected chi connectivity index (χ2v) is 5.66. The highest BCUT2D eigenvalue weighted by atomic mass is 32.1. The fourth-order valence-electron chi connectivity index (χ4n) is 2.26. The van der Waals surface area contributed by atoms with Crippen molar-refractivity contribution in [3.63, 3.8) is 0 Å². The van der Waals surface area contributed by atoms with Gasteiger partial charge in [0, 0.05) is 10.3 Å². The van der Waals surface area contributed by atoms with E-state index >= 15 is 0 Å². The highest BCUT2D eigenvalue weighted by Gasteiger charge is 2.16. The average Bonchev–Trinajstić information content (AvgIpc) is 2.84. The number of rotatable bonds is 3. The van der Waals surface area contributed by atoms with E-state index in [1.165, 1.54) is 0 Å². The number of carbonyl (C=O) groups excluding carboxylic acids is 1. The Balaban J connectivity index is 2.05. The average molecular weight is 282 g/mol. The van der Waals surface area contributed by atoms with Crippen LogP contribution in [0.3, 0.4) is 0 Å². The van der Waals surface area contributed by atoms with Crippen LogP contribution in [0.5, 0.6) is 5.75 Å². The molecule has 0 fully saturated rings. The molecular weight excluding hydrogens is 268 g/mol. The molecule has 0 saturated heterocycles. The Labute approximate surface area is 121 Å². The van der Waals surface area contributed by atoms with Gasteiger partial charge in [-0.25, -0.2) is 0 Å². The summed E-state index contributed by atoms with van der Waals surface area (Å²) < 4.78 is 6.27. The Bertz CT molecular complexity index is 769. The molecule has 0 atom stereocenters. The first-order valence-electron chi connectivity index (χ1n) is 6.37. The molecule has 0 unspecified atom stereocenters. The number of ether oxygens (including phenoxy) is 1. The van der Waals surface area contributed by atoms with E-state index in [-0.39, 0.29) is 5.78 Å². The predicted molar refractivity (Wildman–Crippen MR) is 83.0 cm³/mol. The smallest absolute Gasteiger partial charge is 0.203 e. The van der Waals surface area contributed by atoms with Crippen molar-refractivity contribution in [3.05, 3.63) is 64.5 Å². The van der Waals surface area contributed by atoms with Gasteiger partial charge in [0.2, 0.25) is 5.78 Å². The summed E-state index contributed by atoms with van der Waals surface area (Å²) in [6.45, 7) is 2.01. The quantitative estimate of drug-likeness (QED) is 0.663. The minimum atomic E-state index is 0.0753. The molecule has 0 amide bonds. The fraction of sp³-hybridized carbons (Fsp3) is 0.118. The Morgan fingerprint density at radius 1 is 1.05 bits per heavy atom. The van der Waals surface area contributed by atoms with Crippen LogP contribution in [0.2, 0.25) is 0 Å². The van der Waals surface area contributed by atoms with Crippen molar-refractivity contribution in [3.8, 4) is 5.75 Å². The van der Waals surface area contributed by atoms with E-state index in [1.54, 1.807) is 18.4 Å². The van der Waals surface area contributed by atoms with Crippen molar-refractivity contribution in [2.24, 2.45) is 0 Å². The summed E-state index contributed by atoms with van der Waals surface area (Å²) in [4.78, 5) is 13.4. The van der Waals surface area contributed by atoms with Crippen LogP contribution in [0.1, 0.15) is 20.8 Å². The summed E-state index contributed by atoms with van der Waals surface area (Å²) in [5.74, 6) is 0.834. The summed E-state index contributed by atoms with van der Waals surface area (Å²) in [5.41, 5.74) is 1.76. The molecule has 0 radical (unpaired) electrons. The predicted octanol–water partition coefficient (Wildman–Crippen LogP) is 4.45. The molecule has 0 aliphatic rings. The van der Waals surface area contributed by atoms with Gasteiger partial charge in [-0.3, -0.25) is 4.79 Å². The third kappa shape index (κ3) is 2.10. The van der Waals surface area contributed by atoms with Crippen molar-refractivity contribution >= 4 is 27.2 Å². The van der Waals surface area contributed by atoms with E-state index in [1.807, 2.05) is 43.3 Å². The fourth-order valence-corrected chi connectivity index (χ4v) is 3.44. The summed E-state index contributed by atoms with van der Waals surface area (Å²) in [6, 6.07) is 15.4.